The Hall–Kier alpha value is -1.11. The van der Waals surface area contributed by atoms with Crippen LogP contribution in [-0.4, -0.2) is 20.1 Å². The summed E-state index contributed by atoms with van der Waals surface area (Å²) < 4.78 is 4.31. The predicted octanol–water partition coefficient (Wildman–Crippen LogP) is 0.182. The third-order valence-electron chi connectivity index (χ3n) is 0.797. The van der Waals surface area contributed by atoms with Gasteiger partial charge >= 0.3 is 0 Å². The minimum absolute atomic E-state index is 0.0738. The number of rotatable bonds is 1. The van der Waals surface area contributed by atoms with Crippen LogP contribution in [0.4, 0.5) is 5.82 Å². The number of nitrogen functional groups attached to an aromatic ring is 1. The Labute approximate surface area is 63.8 Å². The molecule has 0 aliphatic heterocycles. The largest absolute Gasteiger partial charge is 0.410 e. The van der Waals surface area contributed by atoms with Crippen molar-refractivity contribution in [3.63, 3.8) is 0 Å². The summed E-state index contributed by atoms with van der Waals surface area (Å²) in [6.07, 6.45) is 0. The van der Waals surface area contributed by atoms with Gasteiger partial charge in [-0.3, -0.25) is 0 Å². The molecule has 0 fully saturated rings. The Kier molecular flexibility index (Phi) is 1.86. The molecule has 7 heteroatoms. The van der Waals surface area contributed by atoms with Crippen LogP contribution >= 0.6 is 15.9 Å². The highest BCUT2D eigenvalue weighted by Gasteiger charge is 2.10. The average Bonchev–Trinajstić information content (AvgIpc) is 2.34. The molecule has 1 aromatic heterocycles. The zero-order valence-electron chi connectivity index (χ0n) is 4.65. The first-order valence-corrected chi connectivity index (χ1v) is 3.01. The van der Waals surface area contributed by atoms with Gasteiger partial charge in [-0.25, -0.2) is 4.63 Å². The van der Waals surface area contributed by atoms with Gasteiger partial charge < -0.3 is 10.9 Å². The number of anilines is 1. The van der Waals surface area contributed by atoms with Gasteiger partial charge in [0.15, 0.2) is 16.1 Å². The summed E-state index contributed by atoms with van der Waals surface area (Å²) in [5.41, 5.74) is 5.41. The lowest BCUT2D eigenvalue weighted by atomic mass is 10.5. The van der Waals surface area contributed by atoms with Gasteiger partial charge in [-0.1, -0.05) is 5.16 Å². The van der Waals surface area contributed by atoms with E-state index in [0.29, 0.717) is 0 Å². The second-order valence-corrected chi connectivity index (χ2v) is 2.14. The normalized spacial score (nSPS) is 11.9. The molecule has 54 valence electrons. The minimum atomic E-state index is 0.0738. The van der Waals surface area contributed by atoms with Crippen molar-refractivity contribution < 1.29 is 9.84 Å². The van der Waals surface area contributed by atoms with Gasteiger partial charge in [-0.05, 0) is 26.2 Å². The number of hydrogen-bond acceptors (Lipinski definition) is 6. The van der Waals surface area contributed by atoms with Gasteiger partial charge in [0, 0.05) is 0 Å². The van der Waals surface area contributed by atoms with E-state index in [4.69, 9.17) is 10.9 Å². The van der Waals surface area contributed by atoms with Gasteiger partial charge in [0.05, 0.1) is 0 Å². The molecule has 10 heavy (non-hydrogen) atoms. The molecule has 0 amide bonds. The highest BCUT2D eigenvalue weighted by Crippen LogP contribution is 2.09. The SMILES string of the molecule is Nc1nonc1/C(Br)=N/O. The fourth-order valence-electron chi connectivity index (χ4n) is 0.386. The highest BCUT2D eigenvalue weighted by atomic mass is 79.9. The topological polar surface area (TPSA) is 97.5 Å². The molecule has 0 radical (unpaired) electrons. The lowest BCUT2D eigenvalue weighted by Crippen LogP contribution is -1.96. The second-order valence-electron chi connectivity index (χ2n) is 1.39. The maximum atomic E-state index is 8.21. The molecule has 0 saturated heterocycles. The summed E-state index contributed by atoms with van der Waals surface area (Å²) in [4.78, 5) is 0. The maximum absolute atomic E-state index is 8.21. The highest BCUT2D eigenvalue weighted by molar-refractivity contribution is 9.18. The number of hydrogen-bond donors (Lipinski definition) is 2. The average molecular weight is 207 g/mol. The van der Waals surface area contributed by atoms with E-state index in [-0.39, 0.29) is 16.1 Å². The Morgan fingerprint density at radius 3 is 2.80 bits per heavy atom. The predicted molar refractivity (Wildman–Crippen MR) is 36.0 cm³/mol. The number of nitrogens with zero attached hydrogens (tertiary/aromatic N) is 3. The van der Waals surface area contributed by atoms with Gasteiger partial charge in [0.2, 0.25) is 0 Å². The van der Waals surface area contributed by atoms with E-state index < -0.39 is 0 Å². The van der Waals surface area contributed by atoms with E-state index in [1.54, 1.807) is 0 Å². The number of oxime groups is 1. The summed E-state index contributed by atoms with van der Waals surface area (Å²) in [6, 6.07) is 0. The molecule has 0 unspecified atom stereocenters. The van der Waals surface area contributed by atoms with Crippen LogP contribution < -0.4 is 5.73 Å². The Morgan fingerprint density at radius 1 is 1.70 bits per heavy atom. The molecule has 6 nitrogen and oxygen atoms in total. The smallest absolute Gasteiger partial charge is 0.198 e. The Morgan fingerprint density at radius 2 is 2.40 bits per heavy atom. The monoisotopic (exact) mass is 206 g/mol. The molecule has 3 N–H and O–H groups in total. The third kappa shape index (κ3) is 1.08. The first-order valence-electron chi connectivity index (χ1n) is 2.21. The van der Waals surface area contributed by atoms with E-state index in [2.05, 4.69) is 36.0 Å². The van der Waals surface area contributed by atoms with E-state index in [1.807, 2.05) is 0 Å². The van der Waals surface area contributed by atoms with Crippen LogP contribution in [0, 0.1) is 0 Å². The van der Waals surface area contributed by atoms with Crippen molar-refractivity contribution in [2.45, 2.75) is 0 Å². The van der Waals surface area contributed by atoms with Crippen molar-refractivity contribution in [1.29, 1.82) is 0 Å². The summed E-state index contributed by atoms with van der Waals surface area (Å²) in [5, 5.41) is 17.6. The fraction of sp³-hybridized carbons (Fsp3) is 0. The maximum Gasteiger partial charge on any atom is 0.198 e. The molecule has 1 aromatic rings. The molecular formula is C3H3BrN4O2. The standard InChI is InChI=1S/C3H3BrN4O2/c4-2(6-9)1-3(5)8-10-7-1/h9H,(H2,5,8)/b6-2-. The molecular weight excluding hydrogens is 204 g/mol. The van der Waals surface area contributed by atoms with E-state index in [1.165, 1.54) is 0 Å². The zero-order chi connectivity index (χ0) is 7.56. The quantitative estimate of drug-likeness (QED) is 0.389. The molecule has 0 atom stereocenters. The van der Waals surface area contributed by atoms with E-state index in [9.17, 15) is 0 Å². The second kappa shape index (κ2) is 2.65. The van der Waals surface area contributed by atoms with E-state index >= 15 is 0 Å². The minimum Gasteiger partial charge on any atom is -0.410 e. The van der Waals surface area contributed by atoms with Gasteiger partial charge in [-0.15, -0.1) is 0 Å². The van der Waals surface area contributed by atoms with Gasteiger partial charge in [0.25, 0.3) is 0 Å². The van der Waals surface area contributed by atoms with Crippen molar-refractivity contribution in [2.24, 2.45) is 5.16 Å². The van der Waals surface area contributed by atoms with Crippen LogP contribution in [0.15, 0.2) is 9.78 Å². The van der Waals surface area contributed by atoms with Crippen molar-refractivity contribution in [1.82, 2.24) is 10.3 Å². The van der Waals surface area contributed by atoms with Gasteiger partial charge in [0.1, 0.15) is 0 Å². The van der Waals surface area contributed by atoms with Crippen molar-refractivity contribution in [2.75, 3.05) is 5.73 Å². The molecule has 0 saturated carbocycles. The molecule has 0 aliphatic rings. The fourth-order valence-corrected chi connectivity index (χ4v) is 0.661. The molecule has 0 aliphatic carbocycles. The molecule has 1 rings (SSSR count). The van der Waals surface area contributed by atoms with Crippen LogP contribution in [0.1, 0.15) is 5.69 Å². The van der Waals surface area contributed by atoms with Crippen molar-refractivity contribution >= 4 is 26.4 Å². The van der Waals surface area contributed by atoms with Crippen LogP contribution in [-0.2, 0) is 0 Å². The zero-order valence-corrected chi connectivity index (χ0v) is 6.24. The number of nitrogens with two attached hydrogens (primary N) is 1. The summed E-state index contributed by atoms with van der Waals surface area (Å²) in [7, 11) is 0. The van der Waals surface area contributed by atoms with Crippen molar-refractivity contribution in [3.8, 4) is 0 Å². The van der Waals surface area contributed by atoms with Crippen LogP contribution in [0.3, 0.4) is 0 Å². The first-order chi connectivity index (χ1) is 4.75. The molecule has 0 aromatic carbocycles. The summed E-state index contributed by atoms with van der Waals surface area (Å²) in [6.45, 7) is 0. The lowest BCUT2D eigenvalue weighted by molar-refractivity contribution is 0.306. The van der Waals surface area contributed by atoms with Crippen LogP contribution in [0.2, 0.25) is 0 Å². The Balaban J connectivity index is 3.05. The molecule has 0 bridgehead atoms. The van der Waals surface area contributed by atoms with Crippen LogP contribution in [0.25, 0.3) is 0 Å². The van der Waals surface area contributed by atoms with Gasteiger partial charge in [-0.2, -0.15) is 0 Å². The third-order valence-corrected chi connectivity index (χ3v) is 1.33. The lowest BCUT2D eigenvalue weighted by Gasteiger charge is -1.85. The molecule has 0 spiro atoms. The summed E-state index contributed by atoms with van der Waals surface area (Å²) >= 11 is 2.87. The Bertz CT molecular complexity index is 257. The van der Waals surface area contributed by atoms with E-state index in [0.717, 1.165) is 0 Å². The first kappa shape index (κ1) is 7.00. The summed E-state index contributed by atoms with van der Waals surface area (Å²) in [5.74, 6) is 0.0738. The van der Waals surface area contributed by atoms with Crippen molar-refractivity contribution in [3.05, 3.63) is 5.69 Å². The molecule has 1 heterocycles. The number of halogens is 1. The number of aromatic nitrogens is 2. The van der Waals surface area contributed by atoms with Crippen LogP contribution in [0.5, 0.6) is 0 Å².